The number of rotatable bonds is 4. The molecule has 1 saturated carbocycles. The summed E-state index contributed by atoms with van der Waals surface area (Å²) in [7, 11) is 0. The molecule has 4 nitrogen and oxygen atoms in total. The highest BCUT2D eigenvalue weighted by molar-refractivity contribution is 9.10. The van der Waals surface area contributed by atoms with Gasteiger partial charge >= 0.3 is 0 Å². The maximum Gasteiger partial charge on any atom is 0.288 e. The molecule has 1 aliphatic rings. The maximum absolute atomic E-state index is 12.2. The molecule has 1 aromatic heterocycles. The van der Waals surface area contributed by atoms with Crippen molar-refractivity contribution >= 4 is 56.6 Å². The Morgan fingerprint density at radius 2 is 1.95 bits per heavy atom. The smallest absolute Gasteiger partial charge is 0.288 e. The highest BCUT2D eigenvalue weighted by atomic mass is 79.9. The summed E-state index contributed by atoms with van der Waals surface area (Å²) < 4.78 is 4.03. The molecule has 2 rings (SSSR count). The van der Waals surface area contributed by atoms with Gasteiger partial charge in [0.15, 0.2) is 10.4 Å². The van der Waals surface area contributed by atoms with E-state index in [-0.39, 0.29) is 11.8 Å². The van der Waals surface area contributed by atoms with Gasteiger partial charge in [-0.25, -0.2) is 0 Å². The molecule has 1 aromatic rings. The van der Waals surface area contributed by atoms with Crippen molar-refractivity contribution < 1.29 is 9.21 Å². The van der Waals surface area contributed by atoms with Crippen molar-refractivity contribution in [1.82, 2.24) is 10.6 Å². The van der Waals surface area contributed by atoms with Crippen molar-refractivity contribution in [2.45, 2.75) is 48.6 Å². The Hall–Kier alpha value is 0.0600. The van der Waals surface area contributed by atoms with Crippen molar-refractivity contribution in [2.75, 3.05) is 0 Å². The molecule has 0 saturated heterocycles. The number of carbonyl (C=O) groups excluding carboxylic acids is 1. The Bertz CT molecular complexity index is 510. The van der Waals surface area contributed by atoms with E-state index in [0.717, 1.165) is 31.6 Å². The van der Waals surface area contributed by atoms with E-state index < -0.39 is 15.9 Å². The second-order valence-corrected chi connectivity index (χ2v) is 8.83. The fourth-order valence-corrected chi connectivity index (χ4v) is 3.18. The molecule has 0 bridgehead atoms. The van der Waals surface area contributed by atoms with Crippen LogP contribution in [-0.2, 0) is 0 Å². The zero-order chi connectivity index (χ0) is 16.3. The van der Waals surface area contributed by atoms with Crippen LogP contribution in [0.5, 0.6) is 0 Å². The Kier molecular flexibility index (Phi) is 6.48. The van der Waals surface area contributed by atoms with Crippen LogP contribution in [-0.4, -0.2) is 21.9 Å². The van der Waals surface area contributed by atoms with Crippen LogP contribution in [0.4, 0.5) is 0 Å². The Morgan fingerprint density at radius 1 is 1.32 bits per heavy atom. The van der Waals surface area contributed by atoms with Crippen molar-refractivity contribution in [3.8, 4) is 0 Å². The fraction of sp³-hybridized carbons (Fsp3) is 0.643. The summed E-state index contributed by atoms with van der Waals surface area (Å²) in [6, 6.07) is 3.41. The first kappa shape index (κ1) is 18.4. The number of alkyl halides is 3. The van der Waals surface area contributed by atoms with Crippen LogP contribution in [0, 0.1) is 5.92 Å². The third-order valence-corrected chi connectivity index (χ3v) is 4.90. The Morgan fingerprint density at radius 3 is 2.45 bits per heavy atom. The minimum absolute atomic E-state index is 0.158. The van der Waals surface area contributed by atoms with E-state index in [4.69, 9.17) is 39.2 Å². The Balaban J connectivity index is 1.99. The molecule has 2 N–H and O–H groups in total. The lowest BCUT2D eigenvalue weighted by Gasteiger charge is -2.34. The summed E-state index contributed by atoms with van der Waals surface area (Å²) in [5.74, 6) is 0.447. The summed E-state index contributed by atoms with van der Waals surface area (Å²) in [5.41, 5.74) is 0. The molecule has 0 aromatic carbocycles. The van der Waals surface area contributed by atoms with Crippen LogP contribution in [0.15, 0.2) is 21.2 Å². The molecule has 1 unspecified atom stereocenters. The predicted octanol–water partition coefficient (Wildman–Crippen LogP) is 4.64. The molecule has 0 aliphatic heterocycles. The molecule has 1 amide bonds. The van der Waals surface area contributed by atoms with Gasteiger partial charge in [0.05, 0.1) is 0 Å². The van der Waals surface area contributed by atoms with Crippen LogP contribution in [0.25, 0.3) is 0 Å². The summed E-state index contributed by atoms with van der Waals surface area (Å²) in [5, 5.41) is 5.93. The van der Waals surface area contributed by atoms with Crippen molar-refractivity contribution in [2.24, 2.45) is 5.92 Å². The van der Waals surface area contributed by atoms with E-state index in [0.29, 0.717) is 4.67 Å². The molecule has 1 heterocycles. The summed E-state index contributed by atoms with van der Waals surface area (Å²) in [6.07, 6.45) is 3.47. The van der Waals surface area contributed by atoms with Crippen LogP contribution >= 0.6 is 50.7 Å². The van der Waals surface area contributed by atoms with Crippen LogP contribution in [0.1, 0.15) is 43.2 Å². The standard InChI is InChI=1S/C14H18BrCl3N2O2/c1-8-2-4-9(5-3-8)19-13(14(16,17)18)20-12(21)10-6-7-11(15)22-10/h6-9,13,19H,2-5H2,1H3,(H,20,21). The number of furan rings is 1. The molecular formula is C14H18BrCl3N2O2. The zero-order valence-corrected chi connectivity index (χ0v) is 15.9. The van der Waals surface area contributed by atoms with Gasteiger partial charge in [-0.3, -0.25) is 10.1 Å². The van der Waals surface area contributed by atoms with Crippen LogP contribution < -0.4 is 10.6 Å². The monoisotopic (exact) mass is 430 g/mol. The quantitative estimate of drug-likeness (QED) is 0.539. The normalized spacial score (nSPS) is 24.0. The third-order valence-electron chi connectivity index (χ3n) is 3.82. The number of nitrogens with one attached hydrogen (secondary N) is 2. The van der Waals surface area contributed by atoms with Gasteiger partial charge in [-0.15, -0.1) is 0 Å². The first-order valence-corrected chi connectivity index (χ1v) is 9.07. The number of halogens is 4. The molecule has 1 aliphatic carbocycles. The lowest BCUT2D eigenvalue weighted by atomic mass is 9.87. The Labute approximate surface area is 153 Å². The predicted molar refractivity (Wildman–Crippen MR) is 92.5 cm³/mol. The van der Waals surface area contributed by atoms with E-state index in [1.807, 2.05) is 0 Å². The average molecular weight is 433 g/mol. The minimum atomic E-state index is -1.65. The number of amides is 1. The topological polar surface area (TPSA) is 54.3 Å². The summed E-state index contributed by atoms with van der Waals surface area (Å²) >= 11 is 21.1. The first-order valence-electron chi connectivity index (χ1n) is 7.14. The van der Waals surface area contributed by atoms with Crippen molar-refractivity contribution in [3.63, 3.8) is 0 Å². The van der Waals surface area contributed by atoms with Gasteiger partial charge in [-0.05, 0) is 59.7 Å². The first-order chi connectivity index (χ1) is 10.3. The molecule has 22 heavy (non-hydrogen) atoms. The molecule has 1 atom stereocenters. The highest BCUT2D eigenvalue weighted by Crippen LogP contribution is 2.31. The third kappa shape index (κ3) is 5.31. The lowest BCUT2D eigenvalue weighted by Crippen LogP contribution is -2.56. The van der Waals surface area contributed by atoms with Crippen LogP contribution in [0.3, 0.4) is 0 Å². The van der Waals surface area contributed by atoms with E-state index in [1.165, 1.54) is 0 Å². The van der Waals surface area contributed by atoms with Gasteiger partial charge in [-0.1, -0.05) is 41.7 Å². The van der Waals surface area contributed by atoms with E-state index >= 15 is 0 Å². The highest BCUT2D eigenvalue weighted by Gasteiger charge is 2.36. The fourth-order valence-electron chi connectivity index (χ4n) is 2.52. The van der Waals surface area contributed by atoms with Gasteiger partial charge in [0.25, 0.3) is 5.91 Å². The van der Waals surface area contributed by atoms with E-state index in [2.05, 4.69) is 33.5 Å². The second-order valence-electron chi connectivity index (χ2n) is 5.68. The molecular weight excluding hydrogens is 414 g/mol. The maximum atomic E-state index is 12.2. The van der Waals surface area contributed by atoms with Gasteiger partial charge in [0, 0.05) is 6.04 Å². The second kappa shape index (κ2) is 7.75. The SMILES string of the molecule is CC1CCC(NC(NC(=O)c2ccc(Br)o2)C(Cl)(Cl)Cl)CC1. The molecule has 0 radical (unpaired) electrons. The molecule has 124 valence electrons. The van der Waals surface area contributed by atoms with Gasteiger partial charge in [0.1, 0.15) is 6.17 Å². The summed E-state index contributed by atoms with van der Waals surface area (Å²) in [6.45, 7) is 2.24. The minimum Gasteiger partial charge on any atom is -0.444 e. The van der Waals surface area contributed by atoms with E-state index in [1.54, 1.807) is 12.1 Å². The largest absolute Gasteiger partial charge is 0.444 e. The van der Waals surface area contributed by atoms with Gasteiger partial charge < -0.3 is 9.73 Å². The van der Waals surface area contributed by atoms with E-state index in [9.17, 15) is 4.79 Å². The van der Waals surface area contributed by atoms with Gasteiger partial charge in [-0.2, -0.15) is 0 Å². The van der Waals surface area contributed by atoms with Gasteiger partial charge in [0.2, 0.25) is 3.79 Å². The number of hydrogen-bond donors (Lipinski definition) is 2. The zero-order valence-electron chi connectivity index (χ0n) is 12.0. The summed E-state index contributed by atoms with van der Waals surface area (Å²) in [4.78, 5) is 12.2. The molecule has 1 fully saturated rings. The lowest BCUT2D eigenvalue weighted by molar-refractivity contribution is 0.0893. The average Bonchev–Trinajstić information content (AvgIpc) is 2.86. The number of carbonyl (C=O) groups is 1. The van der Waals surface area contributed by atoms with Crippen LogP contribution in [0.2, 0.25) is 0 Å². The van der Waals surface area contributed by atoms with Crippen molar-refractivity contribution in [1.29, 1.82) is 0 Å². The van der Waals surface area contributed by atoms with Crippen molar-refractivity contribution in [3.05, 3.63) is 22.6 Å². The molecule has 0 spiro atoms. The number of hydrogen-bond acceptors (Lipinski definition) is 3. The molecule has 8 heteroatoms.